The highest BCUT2D eigenvalue weighted by atomic mass is 35.5. The third-order valence-electron chi connectivity index (χ3n) is 3.60. The van der Waals surface area contributed by atoms with Gasteiger partial charge in [-0.3, -0.25) is 9.89 Å². The van der Waals surface area contributed by atoms with E-state index in [1.54, 1.807) is 31.2 Å². The molecule has 2 heterocycles. The molecule has 0 aliphatic rings. The first-order valence-corrected chi connectivity index (χ1v) is 7.79. The van der Waals surface area contributed by atoms with Crippen LogP contribution in [0.1, 0.15) is 16.8 Å². The van der Waals surface area contributed by atoms with Crippen LogP contribution in [-0.2, 0) is 6.18 Å². The number of rotatable bonds is 3. The van der Waals surface area contributed by atoms with Gasteiger partial charge in [-0.1, -0.05) is 29.8 Å². The molecule has 0 bridgehead atoms. The maximum atomic E-state index is 12.6. The zero-order chi connectivity index (χ0) is 18.9. The van der Waals surface area contributed by atoms with Crippen molar-refractivity contribution in [2.24, 2.45) is 4.99 Å². The van der Waals surface area contributed by atoms with E-state index in [9.17, 15) is 18.0 Å². The van der Waals surface area contributed by atoms with E-state index >= 15 is 0 Å². The molecule has 26 heavy (non-hydrogen) atoms. The van der Waals surface area contributed by atoms with Gasteiger partial charge in [-0.15, -0.1) is 0 Å². The minimum atomic E-state index is -4.54. The third-order valence-corrected chi connectivity index (χ3v) is 3.87. The second-order valence-electron chi connectivity index (χ2n) is 5.41. The van der Waals surface area contributed by atoms with E-state index in [-0.39, 0.29) is 22.0 Å². The van der Waals surface area contributed by atoms with Gasteiger partial charge in [0, 0.05) is 18.1 Å². The first-order valence-electron chi connectivity index (χ1n) is 7.41. The molecule has 3 aromatic rings. The molecule has 0 unspecified atom stereocenters. The predicted octanol–water partition coefficient (Wildman–Crippen LogP) is 4.29. The second-order valence-corrected chi connectivity index (χ2v) is 5.82. The first-order chi connectivity index (χ1) is 12.3. The van der Waals surface area contributed by atoms with Crippen molar-refractivity contribution in [1.29, 1.82) is 0 Å². The molecule has 0 atom stereocenters. The molecule has 0 aliphatic carbocycles. The van der Waals surface area contributed by atoms with Crippen molar-refractivity contribution in [3.8, 4) is 5.69 Å². The summed E-state index contributed by atoms with van der Waals surface area (Å²) in [6.45, 7) is 1.68. The monoisotopic (exact) mass is 380 g/mol. The molecule has 3 rings (SSSR count). The molecule has 0 saturated carbocycles. The van der Waals surface area contributed by atoms with Gasteiger partial charge in [-0.2, -0.15) is 13.2 Å². The van der Waals surface area contributed by atoms with Crippen LogP contribution < -0.4 is 5.56 Å². The highest BCUT2D eigenvalue weighted by Gasteiger charge is 2.31. The topological polar surface area (TPSA) is 63.0 Å². The van der Waals surface area contributed by atoms with E-state index in [0.29, 0.717) is 17.6 Å². The molecule has 2 aromatic heterocycles. The van der Waals surface area contributed by atoms with Gasteiger partial charge in [0.15, 0.2) is 5.82 Å². The number of hydrogen-bond donors (Lipinski definition) is 1. The Balaban J connectivity index is 1.95. The van der Waals surface area contributed by atoms with Gasteiger partial charge >= 0.3 is 6.18 Å². The van der Waals surface area contributed by atoms with Crippen molar-refractivity contribution >= 4 is 23.6 Å². The number of aryl methyl sites for hydroxylation is 1. The number of aromatic amines is 1. The summed E-state index contributed by atoms with van der Waals surface area (Å²) < 4.78 is 39.3. The van der Waals surface area contributed by atoms with E-state index < -0.39 is 11.7 Å². The number of para-hydroxylation sites is 1. The Bertz CT molecular complexity index is 1020. The van der Waals surface area contributed by atoms with E-state index in [1.807, 2.05) is 6.07 Å². The van der Waals surface area contributed by atoms with Crippen LogP contribution in [0.4, 0.5) is 19.0 Å². The number of pyridine rings is 1. The van der Waals surface area contributed by atoms with E-state index in [1.165, 1.54) is 10.9 Å². The Hall–Kier alpha value is -2.87. The zero-order valence-corrected chi connectivity index (χ0v) is 14.1. The molecular weight excluding hydrogens is 369 g/mol. The maximum absolute atomic E-state index is 12.6. The Morgan fingerprint density at radius 3 is 2.58 bits per heavy atom. The summed E-state index contributed by atoms with van der Waals surface area (Å²) in [5, 5.41) is 2.66. The van der Waals surface area contributed by atoms with Crippen molar-refractivity contribution in [2.45, 2.75) is 13.1 Å². The number of aliphatic imine (C=N–C) groups is 1. The van der Waals surface area contributed by atoms with Crippen LogP contribution in [0.15, 0.2) is 52.4 Å². The first kappa shape index (κ1) is 17.9. The number of hydrogen-bond acceptors (Lipinski definition) is 3. The van der Waals surface area contributed by atoms with Crippen molar-refractivity contribution in [3.05, 3.63) is 74.8 Å². The molecule has 0 amide bonds. The average Bonchev–Trinajstić information content (AvgIpc) is 2.88. The molecule has 134 valence electrons. The average molecular weight is 381 g/mol. The number of H-pyrrole nitrogens is 1. The van der Waals surface area contributed by atoms with Crippen LogP contribution in [0.2, 0.25) is 5.02 Å². The summed E-state index contributed by atoms with van der Waals surface area (Å²) in [4.78, 5) is 20.1. The SMILES string of the molecule is Cc1[nH]n(-c2ccccc2)c(=O)c1/C=N/c1ncc(C(F)(F)F)cc1Cl. The molecule has 0 aliphatic heterocycles. The lowest BCUT2D eigenvalue weighted by Gasteiger charge is -2.06. The lowest BCUT2D eigenvalue weighted by molar-refractivity contribution is -0.137. The molecule has 9 heteroatoms. The smallest absolute Gasteiger partial charge is 0.295 e. The Morgan fingerprint density at radius 1 is 1.27 bits per heavy atom. The minimum Gasteiger partial charge on any atom is -0.295 e. The Morgan fingerprint density at radius 2 is 1.96 bits per heavy atom. The van der Waals surface area contributed by atoms with Crippen molar-refractivity contribution in [2.75, 3.05) is 0 Å². The summed E-state index contributed by atoms with van der Waals surface area (Å²) >= 11 is 5.81. The molecule has 0 fully saturated rings. The largest absolute Gasteiger partial charge is 0.417 e. The van der Waals surface area contributed by atoms with Crippen molar-refractivity contribution in [3.63, 3.8) is 0 Å². The number of halogens is 4. The fraction of sp³-hybridized carbons (Fsp3) is 0.118. The van der Waals surface area contributed by atoms with E-state index in [4.69, 9.17) is 11.6 Å². The summed E-state index contributed by atoms with van der Waals surface area (Å²) in [6, 6.07) is 9.66. The lowest BCUT2D eigenvalue weighted by Crippen LogP contribution is -2.17. The van der Waals surface area contributed by atoms with E-state index in [0.717, 1.165) is 6.07 Å². The quantitative estimate of drug-likeness (QED) is 0.689. The summed E-state index contributed by atoms with van der Waals surface area (Å²) in [6.07, 6.45) is -2.67. The molecule has 0 saturated heterocycles. The third kappa shape index (κ3) is 3.55. The Labute approximate surface area is 150 Å². The molecule has 5 nitrogen and oxygen atoms in total. The summed E-state index contributed by atoms with van der Waals surface area (Å²) in [7, 11) is 0. The van der Waals surface area contributed by atoms with Crippen LogP contribution in [0.25, 0.3) is 5.69 Å². The van der Waals surface area contributed by atoms with Crippen LogP contribution in [0, 0.1) is 6.92 Å². The number of aromatic nitrogens is 3. The van der Waals surface area contributed by atoms with Gasteiger partial charge in [-0.25, -0.2) is 14.7 Å². The summed E-state index contributed by atoms with van der Waals surface area (Å²) in [5.74, 6) is -0.106. The van der Waals surface area contributed by atoms with Gasteiger partial charge in [0.2, 0.25) is 0 Å². The molecule has 1 aromatic carbocycles. The van der Waals surface area contributed by atoms with Gasteiger partial charge in [-0.05, 0) is 25.1 Å². The van der Waals surface area contributed by atoms with Gasteiger partial charge in [0.1, 0.15) is 0 Å². The lowest BCUT2D eigenvalue weighted by atomic mass is 10.2. The minimum absolute atomic E-state index is 0.106. The maximum Gasteiger partial charge on any atom is 0.417 e. The molecule has 1 N–H and O–H groups in total. The number of benzene rings is 1. The highest BCUT2D eigenvalue weighted by molar-refractivity contribution is 6.32. The molecular formula is C17H12ClF3N4O. The van der Waals surface area contributed by atoms with E-state index in [2.05, 4.69) is 15.1 Å². The van der Waals surface area contributed by atoms with Gasteiger partial charge in [0.05, 0.1) is 21.8 Å². The van der Waals surface area contributed by atoms with Crippen LogP contribution in [0.5, 0.6) is 0 Å². The zero-order valence-electron chi connectivity index (χ0n) is 13.4. The van der Waals surface area contributed by atoms with Crippen LogP contribution >= 0.6 is 11.6 Å². The molecule has 0 spiro atoms. The number of nitrogens with one attached hydrogen (secondary N) is 1. The van der Waals surface area contributed by atoms with Crippen LogP contribution in [-0.4, -0.2) is 21.0 Å². The normalized spacial score (nSPS) is 12.0. The number of nitrogens with zero attached hydrogens (tertiary/aromatic N) is 3. The summed E-state index contributed by atoms with van der Waals surface area (Å²) in [5.41, 5.74) is 0.134. The Kier molecular flexibility index (Phi) is 4.69. The van der Waals surface area contributed by atoms with Crippen LogP contribution in [0.3, 0.4) is 0 Å². The van der Waals surface area contributed by atoms with Gasteiger partial charge in [0.25, 0.3) is 5.56 Å². The molecule has 0 radical (unpaired) electrons. The van der Waals surface area contributed by atoms with Crippen molar-refractivity contribution in [1.82, 2.24) is 14.8 Å². The number of alkyl halides is 3. The predicted molar refractivity (Wildman–Crippen MR) is 92.6 cm³/mol. The fourth-order valence-corrected chi connectivity index (χ4v) is 2.49. The standard InChI is InChI=1S/C17H12ClF3N4O/c1-10-13(16(26)25(24-10)12-5-3-2-4-6-12)9-23-15-14(18)7-11(8-22-15)17(19,20)21/h2-9,24H,1H3/b23-9+. The van der Waals surface area contributed by atoms with Crippen molar-refractivity contribution < 1.29 is 13.2 Å². The fourth-order valence-electron chi connectivity index (χ4n) is 2.28. The highest BCUT2D eigenvalue weighted by Crippen LogP contribution is 2.33. The van der Waals surface area contributed by atoms with Gasteiger partial charge < -0.3 is 0 Å². The second kappa shape index (κ2) is 6.80.